The Morgan fingerprint density at radius 2 is 1.30 bits per heavy atom. The molecule has 146 valence electrons. The second-order valence-electron chi connectivity index (χ2n) is 6.63. The zero-order chi connectivity index (χ0) is 20.9. The number of hydrogen-bond donors (Lipinski definition) is 2. The third-order valence-electron chi connectivity index (χ3n) is 4.60. The van der Waals surface area contributed by atoms with Gasteiger partial charge >= 0.3 is 0 Å². The monoisotopic (exact) mass is 394 g/mol. The van der Waals surface area contributed by atoms with Crippen molar-refractivity contribution in [3.63, 3.8) is 0 Å². The number of carbonyl (C=O) groups excluding carboxylic acids is 1. The molecule has 30 heavy (non-hydrogen) atoms. The Labute approximate surface area is 173 Å². The molecular formula is C25H18N2O3. The van der Waals surface area contributed by atoms with Crippen molar-refractivity contribution in [1.82, 2.24) is 9.97 Å². The molecule has 1 aromatic heterocycles. The number of H-pyrrole nitrogens is 1. The molecule has 4 rings (SSSR count). The van der Waals surface area contributed by atoms with Gasteiger partial charge in [-0.3, -0.25) is 9.59 Å². The van der Waals surface area contributed by atoms with Crippen LogP contribution in [0.4, 0.5) is 0 Å². The van der Waals surface area contributed by atoms with Crippen molar-refractivity contribution >= 4 is 17.1 Å². The summed E-state index contributed by atoms with van der Waals surface area (Å²) in [7, 11) is 0. The molecule has 1 heterocycles. The molecule has 0 radical (unpaired) electrons. The number of carbonyl (C=O) groups is 1. The van der Waals surface area contributed by atoms with E-state index < -0.39 is 11.3 Å². The van der Waals surface area contributed by atoms with Crippen molar-refractivity contribution in [3.8, 4) is 11.3 Å². The van der Waals surface area contributed by atoms with Gasteiger partial charge in [-0.15, -0.1) is 0 Å². The molecule has 0 spiro atoms. The van der Waals surface area contributed by atoms with Crippen molar-refractivity contribution in [3.05, 3.63) is 124 Å². The fourth-order valence-corrected chi connectivity index (χ4v) is 3.13. The number of ketones is 1. The molecule has 4 aromatic rings. The molecule has 2 N–H and O–H groups in total. The Bertz CT molecular complexity index is 1260. The van der Waals surface area contributed by atoms with Gasteiger partial charge in [-0.2, -0.15) is 0 Å². The summed E-state index contributed by atoms with van der Waals surface area (Å²) in [6.45, 7) is 0. The number of Topliss-reactive ketones (excluding diaryl/α,β-unsaturated/α-hetero) is 1. The number of benzene rings is 3. The van der Waals surface area contributed by atoms with Gasteiger partial charge in [-0.25, -0.2) is 4.98 Å². The van der Waals surface area contributed by atoms with E-state index in [0.29, 0.717) is 16.8 Å². The summed E-state index contributed by atoms with van der Waals surface area (Å²) in [5, 5.41) is 11.0. The highest BCUT2D eigenvalue weighted by molar-refractivity contribution is 6.32. The number of allylic oxidation sites excluding steroid dienone is 1. The molecule has 0 atom stereocenters. The van der Waals surface area contributed by atoms with Gasteiger partial charge in [0, 0.05) is 22.8 Å². The van der Waals surface area contributed by atoms with E-state index in [2.05, 4.69) is 9.97 Å². The smallest absolute Gasteiger partial charge is 0.251 e. The summed E-state index contributed by atoms with van der Waals surface area (Å²) in [6, 6.07) is 27.8. The van der Waals surface area contributed by atoms with Crippen LogP contribution >= 0.6 is 0 Å². The standard InChI is InChI=1S/C25H18N2O3/c28-21-16-20(17-10-4-1-5-11-17)26-25(27-21)22(23(29)18-12-6-2-7-13-18)24(30)19-14-8-3-9-15-19/h1-16,29H,(H,26,27,28). The first-order valence-electron chi connectivity index (χ1n) is 9.39. The highest BCUT2D eigenvalue weighted by atomic mass is 16.3. The SMILES string of the molecule is O=C(C(=C(O)c1ccccc1)c1nc(-c2ccccc2)cc(=O)[nH]1)c1ccccc1. The van der Waals surface area contributed by atoms with E-state index in [1.54, 1.807) is 54.6 Å². The number of rotatable bonds is 5. The second-order valence-corrected chi connectivity index (χ2v) is 6.63. The zero-order valence-corrected chi connectivity index (χ0v) is 15.9. The van der Waals surface area contributed by atoms with Crippen LogP contribution < -0.4 is 5.56 Å². The average molecular weight is 394 g/mol. The number of aromatic amines is 1. The van der Waals surface area contributed by atoms with Gasteiger partial charge < -0.3 is 10.1 Å². The van der Waals surface area contributed by atoms with Gasteiger partial charge in [0.1, 0.15) is 17.2 Å². The molecule has 3 aromatic carbocycles. The molecule has 0 amide bonds. The van der Waals surface area contributed by atoms with Crippen LogP contribution in [0.3, 0.4) is 0 Å². The molecule has 0 unspecified atom stereocenters. The zero-order valence-electron chi connectivity index (χ0n) is 15.9. The predicted molar refractivity (Wildman–Crippen MR) is 117 cm³/mol. The van der Waals surface area contributed by atoms with Gasteiger partial charge in [-0.05, 0) is 0 Å². The lowest BCUT2D eigenvalue weighted by Crippen LogP contribution is -2.15. The molecule has 0 aliphatic carbocycles. The van der Waals surface area contributed by atoms with E-state index in [9.17, 15) is 14.7 Å². The van der Waals surface area contributed by atoms with Crippen molar-refractivity contribution in [2.45, 2.75) is 0 Å². The minimum absolute atomic E-state index is 0.0107. The summed E-state index contributed by atoms with van der Waals surface area (Å²) in [4.78, 5) is 32.9. The number of hydrogen-bond acceptors (Lipinski definition) is 4. The fraction of sp³-hybridized carbons (Fsp3) is 0. The lowest BCUT2D eigenvalue weighted by Gasteiger charge is -2.11. The first kappa shape index (κ1) is 19.1. The van der Waals surface area contributed by atoms with E-state index in [1.807, 2.05) is 36.4 Å². The Morgan fingerprint density at radius 3 is 1.90 bits per heavy atom. The lowest BCUT2D eigenvalue weighted by atomic mass is 9.98. The van der Waals surface area contributed by atoms with E-state index in [1.165, 1.54) is 6.07 Å². The lowest BCUT2D eigenvalue weighted by molar-refractivity contribution is 0.105. The first-order valence-corrected chi connectivity index (χ1v) is 9.39. The first-order chi connectivity index (χ1) is 14.6. The van der Waals surface area contributed by atoms with Gasteiger partial charge in [0.05, 0.1) is 5.69 Å². The Hall–Kier alpha value is -4.25. The molecule has 5 nitrogen and oxygen atoms in total. The minimum Gasteiger partial charge on any atom is -0.506 e. The Kier molecular flexibility index (Phi) is 5.35. The molecule has 0 fully saturated rings. The Balaban J connectivity index is 1.94. The van der Waals surface area contributed by atoms with Gasteiger partial charge in [0.2, 0.25) is 5.78 Å². The molecule has 0 aliphatic heterocycles. The topological polar surface area (TPSA) is 83.0 Å². The Morgan fingerprint density at radius 1 is 0.767 bits per heavy atom. The number of aliphatic hydroxyl groups excluding tert-OH is 1. The predicted octanol–water partition coefficient (Wildman–Crippen LogP) is 4.75. The van der Waals surface area contributed by atoms with Gasteiger partial charge in [0.25, 0.3) is 5.56 Å². The summed E-state index contributed by atoms with van der Waals surface area (Å²) in [5.74, 6) is -0.681. The van der Waals surface area contributed by atoms with Crippen LogP contribution in [0.5, 0.6) is 0 Å². The van der Waals surface area contributed by atoms with Gasteiger partial charge in [0.15, 0.2) is 0 Å². The van der Waals surface area contributed by atoms with Crippen molar-refractivity contribution in [2.75, 3.05) is 0 Å². The second kappa shape index (κ2) is 8.41. The summed E-state index contributed by atoms with van der Waals surface area (Å²) in [5.41, 5.74) is 1.48. The normalized spacial score (nSPS) is 11.6. The largest absolute Gasteiger partial charge is 0.506 e. The van der Waals surface area contributed by atoms with E-state index in [0.717, 1.165) is 5.56 Å². The number of aromatic nitrogens is 2. The van der Waals surface area contributed by atoms with Crippen LogP contribution in [0.1, 0.15) is 21.7 Å². The molecule has 0 saturated heterocycles. The maximum absolute atomic E-state index is 13.3. The van der Waals surface area contributed by atoms with Crippen LogP contribution in [0.25, 0.3) is 22.6 Å². The van der Waals surface area contributed by atoms with E-state index >= 15 is 0 Å². The number of nitrogens with zero attached hydrogens (tertiary/aromatic N) is 1. The van der Waals surface area contributed by atoms with Crippen molar-refractivity contribution in [2.24, 2.45) is 0 Å². The molecule has 0 saturated carbocycles. The van der Waals surface area contributed by atoms with Crippen LogP contribution in [0, 0.1) is 0 Å². The maximum atomic E-state index is 13.3. The van der Waals surface area contributed by atoms with Crippen LogP contribution in [0.15, 0.2) is 102 Å². The fourth-order valence-electron chi connectivity index (χ4n) is 3.13. The van der Waals surface area contributed by atoms with Gasteiger partial charge in [-0.1, -0.05) is 91.0 Å². The van der Waals surface area contributed by atoms with E-state index in [-0.39, 0.29) is 17.2 Å². The average Bonchev–Trinajstić information content (AvgIpc) is 2.80. The number of aliphatic hydroxyl groups is 1. The highest BCUT2D eigenvalue weighted by Gasteiger charge is 2.23. The van der Waals surface area contributed by atoms with Crippen molar-refractivity contribution in [1.29, 1.82) is 0 Å². The van der Waals surface area contributed by atoms with Crippen LogP contribution in [0.2, 0.25) is 0 Å². The molecule has 0 bridgehead atoms. The molecule has 0 aliphatic rings. The third kappa shape index (κ3) is 3.95. The highest BCUT2D eigenvalue weighted by Crippen LogP contribution is 2.27. The quantitative estimate of drug-likeness (QED) is 0.291. The van der Waals surface area contributed by atoms with E-state index in [4.69, 9.17) is 0 Å². The van der Waals surface area contributed by atoms with Crippen molar-refractivity contribution < 1.29 is 9.90 Å². The summed E-state index contributed by atoms with van der Waals surface area (Å²) < 4.78 is 0. The van der Waals surface area contributed by atoms with Crippen LogP contribution in [-0.2, 0) is 0 Å². The third-order valence-corrected chi connectivity index (χ3v) is 4.60. The van der Waals surface area contributed by atoms with Crippen LogP contribution in [-0.4, -0.2) is 20.9 Å². The molecular weight excluding hydrogens is 376 g/mol. The summed E-state index contributed by atoms with van der Waals surface area (Å²) in [6.07, 6.45) is 0. The maximum Gasteiger partial charge on any atom is 0.251 e. The summed E-state index contributed by atoms with van der Waals surface area (Å²) >= 11 is 0. The minimum atomic E-state index is -0.440. The molecule has 5 heteroatoms. The number of nitrogens with one attached hydrogen (secondary N) is 1.